The third-order valence-electron chi connectivity index (χ3n) is 2.22. The van der Waals surface area contributed by atoms with Crippen LogP contribution in [0.4, 0.5) is 0 Å². The smallest absolute Gasteiger partial charge is 0.276 e. The number of rotatable bonds is 5. The molecular formula is C10H16ClNO3S. The zero-order valence-corrected chi connectivity index (χ0v) is 11.2. The zero-order valence-electron chi connectivity index (χ0n) is 9.60. The summed E-state index contributed by atoms with van der Waals surface area (Å²) in [4.78, 5) is 0. The number of furan rings is 1. The molecule has 4 nitrogen and oxygen atoms in total. The molecule has 1 heterocycles. The molecule has 0 N–H and O–H groups in total. The molecule has 6 heteroatoms. The average Bonchev–Trinajstić information content (AvgIpc) is 2.66. The number of alkyl halides is 1. The van der Waals surface area contributed by atoms with E-state index in [0.29, 0.717) is 12.3 Å². The minimum atomic E-state index is -3.53. The molecule has 1 rings (SSSR count). The van der Waals surface area contributed by atoms with Crippen LogP contribution >= 0.6 is 11.6 Å². The number of hydrogen-bond acceptors (Lipinski definition) is 3. The van der Waals surface area contributed by atoms with Gasteiger partial charge in [0.25, 0.3) is 10.0 Å². The molecule has 0 radical (unpaired) electrons. The lowest BCUT2D eigenvalue weighted by Gasteiger charge is -2.22. The maximum absolute atomic E-state index is 12.1. The largest absolute Gasteiger partial charge is 0.447 e. The fourth-order valence-electron chi connectivity index (χ4n) is 1.50. The second-order valence-electron chi connectivity index (χ2n) is 3.66. The fraction of sp³-hybridized carbons (Fsp3) is 0.600. The minimum Gasteiger partial charge on any atom is -0.447 e. The van der Waals surface area contributed by atoms with E-state index in [9.17, 15) is 8.42 Å². The third kappa shape index (κ3) is 2.59. The highest BCUT2D eigenvalue weighted by atomic mass is 35.5. The van der Waals surface area contributed by atoms with Crippen LogP contribution in [0.5, 0.6) is 0 Å². The van der Waals surface area contributed by atoms with Gasteiger partial charge in [-0.05, 0) is 26.0 Å². The van der Waals surface area contributed by atoms with Crippen molar-refractivity contribution >= 4 is 21.6 Å². The molecule has 0 aliphatic carbocycles. The first-order valence-corrected chi connectivity index (χ1v) is 7.07. The third-order valence-corrected chi connectivity index (χ3v) is 4.51. The molecule has 0 aromatic carbocycles. The summed E-state index contributed by atoms with van der Waals surface area (Å²) >= 11 is 5.56. The number of sulfonamides is 1. The quantitative estimate of drug-likeness (QED) is 0.769. The summed E-state index contributed by atoms with van der Waals surface area (Å²) < 4.78 is 30.8. The van der Waals surface area contributed by atoms with Crippen LogP contribution in [-0.4, -0.2) is 25.3 Å². The van der Waals surface area contributed by atoms with Crippen LogP contribution in [0.25, 0.3) is 0 Å². The normalized spacial score (nSPS) is 12.6. The van der Waals surface area contributed by atoms with E-state index >= 15 is 0 Å². The fourth-order valence-corrected chi connectivity index (χ4v) is 3.22. The van der Waals surface area contributed by atoms with E-state index in [0.717, 1.165) is 0 Å². The van der Waals surface area contributed by atoms with Gasteiger partial charge in [0.1, 0.15) is 5.76 Å². The first kappa shape index (κ1) is 13.5. The van der Waals surface area contributed by atoms with E-state index < -0.39 is 10.0 Å². The second kappa shape index (κ2) is 5.21. The topological polar surface area (TPSA) is 50.5 Å². The Morgan fingerprint density at radius 2 is 2.06 bits per heavy atom. The molecule has 0 saturated heterocycles. The Labute approximate surface area is 101 Å². The van der Waals surface area contributed by atoms with Gasteiger partial charge in [0, 0.05) is 12.6 Å². The van der Waals surface area contributed by atoms with Gasteiger partial charge in [-0.2, -0.15) is 4.31 Å². The molecule has 0 fully saturated rings. The Morgan fingerprint density at radius 3 is 2.44 bits per heavy atom. The van der Waals surface area contributed by atoms with E-state index in [2.05, 4.69) is 0 Å². The Bertz CT molecular complexity index is 439. The van der Waals surface area contributed by atoms with E-state index in [1.165, 1.54) is 10.4 Å². The monoisotopic (exact) mass is 265 g/mol. The van der Waals surface area contributed by atoms with Crippen molar-refractivity contribution in [2.24, 2.45) is 0 Å². The number of nitrogens with zero attached hydrogens (tertiary/aromatic N) is 1. The van der Waals surface area contributed by atoms with Crippen LogP contribution < -0.4 is 0 Å². The van der Waals surface area contributed by atoms with Crippen LogP contribution in [0.3, 0.4) is 0 Å². The van der Waals surface area contributed by atoms with E-state index in [4.69, 9.17) is 16.0 Å². The molecule has 0 saturated carbocycles. The summed E-state index contributed by atoms with van der Waals surface area (Å²) in [5, 5.41) is -0.0429. The van der Waals surface area contributed by atoms with E-state index in [1.807, 2.05) is 13.8 Å². The van der Waals surface area contributed by atoms with Gasteiger partial charge in [-0.25, -0.2) is 8.42 Å². The minimum absolute atomic E-state index is 0.0429. The first-order valence-electron chi connectivity index (χ1n) is 5.10. The molecule has 0 bridgehead atoms. The van der Waals surface area contributed by atoms with Crippen molar-refractivity contribution in [2.75, 3.05) is 6.54 Å². The predicted molar refractivity (Wildman–Crippen MR) is 63.0 cm³/mol. The Kier molecular flexibility index (Phi) is 4.41. The highest BCUT2D eigenvalue weighted by Gasteiger charge is 2.28. The van der Waals surface area contributed by atoms with Crippen molar-refractivity contribution in [2.45, 2.75) is 37.8 Å². The molecule has 1 aromatic rings. The summed E-state index contributed by atoms with van der Waals surface area (Å²) in [5.41, 5.74) is 0. The van der Waals surface area contributed by atoms with Gasteiger partial charge >= 0.3 is 0 Å². The molecular weight excluding hydrogens is 250 g/mol. The number of halogens is 1. The molecule has 0 aliphatic rings. The summed E-state index contributed by atoms with van der Waals surface area (Å²) in [7, 11) is -3.53. The second-order valence-corrected chi connectivity index (χ2v) is 5.75. The molecule has 0 atom stereocenters. The average molecular weight is 266 g/mol. The summed E-state index contributed by atoms with van der Waals surface area (Å²) in [6.45, 7) is 5.86. The zero-order chi connectivity index (χ0) is 12.3. The molecule has 92 valence electrons. The lowest BCUT2D eigenvalue weighted by molar-refractivity contribution is 0.344. The van der Waals surface area contributed by atoms with Gasteiger partial charge in [-0.15, -0.1) is 11.6 Å². The molecule has 0 aliphatic heterocycles. The molecule has 0 unspecified atom stereocenters. The first-order chi connectivity index (χ1) is 7.43. The number of hydrogen-bond donors (Lipinski definition) is 0. The highest BCUT2D eigenvalue weighted by molar-refractivity contribution is 7.89. The van der Waals surface area contributed by atoms with Gasteiger partial charge in [0.05, 0.1) is 5.88 Å². The molecule has 16 heavy (non-hydrogen) atoms. The van der Waals surface area contributed by atoms with Crippen LogP contribution in [0.15, 0.2) is 21.6 Å². The van der Waals surface area contributed by atoms with Crippen molar-refractivity contribution in [3.63, 3.8) is 0 Å². The van der Waals surface area contributed by atoms with Crippen LogP contribution in [0.2, 0.25) is 0 Å². The summed E-state index contributed by atoms with van der Waals surface area (Å²) in [6.07, 6.45) is 0. The standard InChI is InChI=1S/C10H16ClNO3S/c1-4-12(8(2)3)16(13,14)10-6-5-9(7-11)15-10/h5-6,8H,4,7H2,1-3H3. The van der Waals surface area contributed by atoms with Crippen LogP contribution in [0.1, 0.15) is 26.5 Å². The summed E-state index contributed by atoms with van der Waals surface area (Å²) in [6, 6.07) is 2.92. The van der Waals surface area contributed by atoms with Crippen molar-refractivity contribution in [1.29, 1.82) is 0 Å². The van der Waals surface area contributed by atoms with E-state index in [-0.39, 0.29) is 17.0 Å². The Hall–Kier alpha value is -0.520. The van der Waals surface area contributed by atoms with Crippen molar-refractivity contribution in [3.8, 4) is 0 Å². The highest BCUT2D eigenvalue weighted by Crippen LogP contribution is 2.21. The molecule has 1 aromatic heterocycles. The lowest BCUT2D eigenvalue weighted by atomic mass is 10.4. The van der Waals surface area contributed by atoms with E-state index in [1.54, 1.807) is 13.0 Å². The predicted octanol–water partition coefficient (Wildman–Crippen LogP) is 2.44. The van der Waals surface area contributed by atoms with Crippen molar-refractivity contribution in [1.82, 2.24) is 4.31 Å². The molecule has 0 spiro atoms. The van der Waals surface area contributed by atoms with Crippen LogP contribution in [-0.2, 0) is 15.9 Å². The van der Waals surface area contributed by atoms with Gasteiger partial charge in [0.2, 0.25) is 5.09 Å². The molecule has 0 amide bonds. The van der Waals surface area contributed by atoms with Gasteiger partial charge in [-0.3, -0.25) is 0 Å². The maximum Gasteiger partial charge on any atom is 0.276 e. The van der Waals surface area contributed by atoms with Crippen LogP contribution in [0, 0.1) is 0 Å². The summed E-state index contributed by atoms with van der Waals surface area (Å²) in [5.74, 6) is 0.628. The Balaban J connectivity index is 3.09. The maximum atomic E-state index is 12.1. The lowest BCUT2D eigenvalue weighted by Crippen LogP contribution is -2.36. The van der Waals surface area contributed by atoms with Gasteiger partial charge < -0.3 is 4.42 Å². The Morgan fingerprint density at radius 1 is 1.44 bits per heavy atom. The van der Waals surface area contributed by atoms with Gasteiger partial charge in [0.15, 0.2) is 0 Å². The van der Waals surface area contributed by atoms with Crippen molar-refractivity contribution < 1.29 is 12.8 Å². The SMILES string of the molecule is CCN(C(C)C)S(=O)(=O)c1ccc(CCl)o1. The van der Waals surface area contributed by atoms with Gasteiger partial charge in [-0.1, -0.05) is 6.92 Å². The van der Waals surface area contributed by atoms with Crippen molar-refractivity contribution in [3.05, 3.63) is 17.9 Å².